The van der Waals surface area contributed by atoms with Crippen LogP contribution in [-0.4, -0.2) is 30.1 Å². The van der Waals surface area contributed by atoms with Gasteiger partial charge in [-0.25, -0.2) is 4.39 Å². The first-order valence-electron chi connectivity index (χ1n) is 9.71. The standard InChI is InChI=1S/C23H22FNO4/c1-14(2)28-12-6-11-25-20(15-7-4-3-5-8-15)19-21(26)17-13-16(24)9-10-18(17)29-22(19)23(25)27/h3-5,7-10,13-14,20H,6,11-12H2,1-2H3. The Balaban J connectivity index is 1.80. The number of rotatable bonds is 6. The Bertz CT molecular complexity index is 1110. The molecule has 0 aliphatic carbocycles. The zero-order chi connectivity index (χ0) is 20.5. The predicted octanol–water partition coefficient (Wildman–Crippen LogP) is 4.29. The molecule has 0 saturated carbocycles. The number of hydrogen-bond donors (Lipinski definition) is 0. The molecule has 4 rings (SSSR count). The highest BCUT2D eigenvalue weighted by atomic mass is 19.1. The Hall–Kier alpha value is -2.99. The lowest BCUT2D eigenvalue weighted by molar-refractivity contribution is 0.0593. The van der Waals surface area contributed by atoms with E-state index >= 15 is 0 Å². The first-order valence-corrected chi connectivity index (χ1v) is 9.71. The van der Waals surface area contributed by atoms with Gasteiger partial charge >= 0.3 is 0 Å². The number of hydrogen-bond acceptors (Lipinski definition) is 4. The van der Waals surface area contributed by atoms with E-state index in [2.05, 4.69) is 0 Å². The molecule has 1 aliphatic heterocycles. The number of benzene rings is 2. The second-order valence-corrected chi connectivity index (χ2v) is 7.40. The van der Waals surface area contributed by atoms with E-state index < -0.39 is 11.9 Å². The van der Waals surface area contributed by atoms with Crippen LogP contribution in [0.25, 0.3) is 11.0 Å². The molecule has 0 bridgehead atoms. The van der Waals surface area contributed by atoms with Crippen LogP contribution >= 0.6 is 0 Å². The normalized spacial score (nSPS) is 16.1. The number of ether oxygens (including phenoxy) is 1. The molecule has 1 atom stereocenters. The molecule has 0 fully saturated rings. The molecule has 1 amide bonds. The van der Waals surface area contributed by atoms with E-state index in [9.17, 15) is 14.0 Å². The average molecular weight is 395 g/mol. The van der Waals surface area contributed by atoms with Crippen molar-refractivity contribution in [1.82, 2.24) is 4.90 Å². The summed E-state index contributed by atoms with van der Waals surface area (Å²) in [4.78, 5) is 28.0. The summed E-state index contributed by atoms with van der Waals surface area (Å²) in [6.45, 7) is 4.83. The van der Waals surface area contributed by atoms with Gasteiger partial charge in [0.1, 0.15) is 11.4 Å². The Labute approximate surface area is 167 Å². The number of carbonyl (C=O) groups excluding carboxylic acids is 1. The summed E-state index contributed by atoms with van der Waals surface area (Å²) in [6, 6.07) is 12.5. The van der Waals surface area contributed by atoms with Gasteiger partial charge in [0.15, 0.2) is 5.43 Å². The minimum atomic E-state index is -0.568. The quantitative estimate of drug-likeness (QED) is 0.584. The molecule has 1 aromatic heterocycles. The van der Waals surface area contributed by atoms with E-state index in [0.717, 1.165) is 11.6 Å². The van der Waals surface area contributed by atoms with Crippen molar-refractivity contribution < 1.29 is 18.3 Å². The maximum absolute atomic E-state index is 13.7. The van der Waals surface area contributed by atoms with E-state index in [1.54, 1.807) is 4.90 Å². The topological polar surface area (TPSA) is 59.8 Å². The van der Waals surface area contributed by atoms with Crippen LogP contribution in [0.2, 0.25) is 0 Å². The predicted molar refractivity (Wildman–Crippen MR) is 107 cm³/mol. The maximum atomic E-state index is 13.7. The van der Waals surface area contributed by atoms with Gasteiger partial charge in [-0.15, -0.1) is 0 Å². The number of carbonyl (C=O) groups is 1. The second-order valence-electron chi connectivity index (χ2n) is 7.40. The Morgan fingerprint density at radius 2 is 1.90 bits per heavy atom. The summed E-state index contributed by atoms with van der Waals surface area (Å²) in [6.07, 6.45) is 0.735. The van der Waals surface area contributed by atoms with Gasteiger partial charge in [0, 0.05) is 13.2 Å². The van der Waals surface area contributed by atoms with Crippen LogP contribution in [0.15, 0.2) is 57.7 Å². The molecule has 1 aliphatic rings. The minimum absolute atomic E-state index is 0.0349. The van der Waals surface area contributed by atoms with Crippen molar-refractivity contribution in [3.05, 3.63) is 81.5 Å². The lowest BCUT2D eigenvalue weighted by Gasteiger charge is -2.25. The fraction of sp³-hybridized carbons (Fsp3) is 0.304. The first-order chi connectivity index (χ1) is 14.0. The molecule has 0 radical (unpaired) electrons. The van der Waals surface area contributed by atoms with Crippen LogP contribution in [0.4, 0.5) is 4.39 Å². The van der Waals surface area contributed by atoms with Gasteiger partial charge in [0.25, 0.3) is 5.91 Å². The van der Waals surface area contributed by atoms with Gasteiger partial charge in [0.2, 0.25) is 5.76 Å². The minimum Gasteiger partial charge on any atom is -0.450 e. The zero-order valence-electron chi connectivity index (χ0n) is 16.4. The summed E-state index contributed by atoms with van der Waals surface area (Å²) < 4.78 is 25.1. The van der Waals surface area contributed by atoms with Gasteiger partial charge < -0.3 is 14.1 Å². The largest absolute Gasteiger partial charge is 0.450 e. The third kappa shape index (κ3) is 3.56. The monoisotopic (exact) mass is 395 g/mol. The molecule has 150 valence electrons. The third-order valence-electron chi connectivity index (χ3n) is 5.04. The molecule has 5 nitrogen and oxygen atoms in total. The smallest absolute Gasteiger partial charge is 0.290 e. The summed E-state index contributed by atoms with van der Waals surface area (Å²) >= 11 is 0. The van der Waals surface area contributed by atoms with E-state index in [1.165, 1.54) is 12.1 Å². The van der Waals surface area contributed by atoms with Crippen LogP contribution in [0.5, 0.6) is 0 Å². The van der Waals surface area contributed by atoms with Crippen molar-refractivity contribution in [1.29, 1.82) is 0 Å². The zero-order valence-corrected chi connectivity index (χ0v) is 16.4. The molecule has 0 spiro atoms. The number of fused-ring (bicyclic) bond motifs is 2. The van der Waals surface area contributed by atoms with Crippen LogP contribution in [0.1, 0.15) is 48.0 Å². The van der Waals surface area contributed by atoms with Gasteiger partial charge in [-0.1, -0.05) is 30.3 Å². The molecule has 0 N–H and O–H groups in total. The van der Waals surface area contributed by atoms with Gasteiger partial charge in [-0.3, -0.25) is 9.59 Å². The molecular formula is C23H22FNO4. The van der Waals surface area contributed by atoms with Crippen molar-refractivity contribution in [2.24, 2.45) is 0 Å². The fourth-order valence-corrected chi connectivity index (χ4v) is 3.76. The maximum Gasteiger partial charge on any atom is 0.290 e. The Morgan fingerprint density at radius 1 is 1.14 bits per heavy atom. The van der Waals surface area contributed by atoms with Gasteiger partial charge in [0.05, 0.1) is 23.1 Å². The number of nitrogens with zero attached hydrogens (tertiary/aromatic N) is 1. The molecule has 3 aromatic rings. The van der Waals surface area contributed by atoms with E-state index in [-0.39, 0.29) is 39.7 Å². The SMILES string of the molecule is CC(C)OCCCN1C(=O)c2oc3ccc(F)cc3c(=O)c2C1c1ccccc1. The number of amides is 1. The van der Waals surface area contributed by atoms with Crippen LogP contribution < -0.4 is 5.43 Å². The van der Waals surface area contributed by atoms with Crippen molar-refractivity contribution in [2.45, 2.75) is 32.4 Å². The highest BCUT2D eigenvalue weighted by Crippen LogP contribution is 2.38. The average Bonchev–Trinajstić information content (AvgIpc) is 2.99. The lowest BCUT2D eigenvalue weighted by Crippen LogP contribution is -2.31. The van der Waals surface area contributed by atoms with E-state index in [1.807, 2.05) is 44.2 Å². The second kappa shape index (κ2) is 7.79. The molecule has 29 heavy (non-hydrogen) atoms. The molecule has 2 aromatic carbocycles. The molecule has 1 unspecified atom stereocenters. The van der Waals surface area contributed by atoms with Crippen molar-refractivity contribution in [2.75, 3.05) is 13.2 Å². The Morgan fingerprint density at radius 3 is 2.62 bits per heavy atom. The fourth-order valence-electron chi connectivity index (χ4n) is 3.76. The highest BCUT2D eigenvalue weighted by molar-refractivity contribution is 5.99. The van der Waals surface area contributed by atoms with Crippen LogP contribution in [0, 0.1) is 5.82 Å². The van der Waals surface area contributed by atoms with E-state index in [4.69, 9.17) is 9.15 Å². The van der Waals surface area contributed by atoms with Gasteiger partial charge in [-0.2, -0.15) is 0 Å². The molecular weight excluding hydrogens is 373 g/mol. The van der Waals surface area contributed by atoms with Gasteiger partial charge in [-0.05, 0) is 44.0 Å². The molecule has 6 heteroatoms. The summed E-state index contributed by atoms with van der Waals surface area (Å²) in [7, 11) is 0. The van der Waals surface area contributed by atoms with Crippen molar-refractivity contribution >= 4 is 16.9 Å². The first kappa shape index (κ1) is 19.3. The molecule has 0 saturated heterocycles. The number of halogens is 1. The molecule has 2 heterocycles. The summed E-state index contributed by atoms with van der Waals surface area (Å²) in [5.41, 5.74) is 0.917. The lowest BCUT2D eigenvalue weighted by atomic mass is 9.98. The van der Waals surface area contributed by atoms with Crippen LogP contribution in [-0.2, 0) is 4.74 Å². The van der Waals surface area contributed by atoms with Crippen molar-refractivity contribution in [3.8, 4) is 0 Å². The third-order valence-corrected chi connectivity index (χ3v) is 5.04. The van der Waals surface area contributed by atoms with E-state index in [0.29, 0.717) is 19.6 Å². The van der Waals surface area contributed by atoms with Crippen molar-refractivity contribution in [3.63, 3.8) is 0 Å². The van der Waals surface area contributed by atoms with Crippen LogP contribution in [0.3, 0.4) is 0 Å². The highest BCUT2D eigenvalue weighted by Gasteiger charge is 2.42. The summed E-state index contributed by atoms with van der Waals surface area (Å²) in [5.74, 6) is -0.817. The Kier molecular flexibility index (Phi) is 5.20. The summed E-state index contributed by atoms with van der Waals surface area (Å²) in [5, 5.41) is 0.141.